The minimum absolute atomic E-state index is 0.0254. The number of aromatic nitrogens is 2. The number of pyridine rings is 1. The van der Waals surface area contributed by atoms with E-state index < -0.39 is 0 Å². The van der Waals surface area contributed by atoms with E-state index in [4.69, 9.17) is 4.74 Å². The maximum Gasteiger partial charge on any atom is 0.276 e. The zero-order chi connectivity index (χ0) is 25.5. The third-order valence-corrected chi connectivity index (χ3v) is 8.59. The minimum Gasteiger partial charge on any atom is -0.364 e. The molecule has 2 aromatic heterocycles. The van der Waals surface area contributed by atoms with Gasteiger partial charge in [0.05, 0.1) is 0 Å². The predicted molar refractivity (Wildman–Crippen MR) is 139 cm³/mol. The molecule has 3 unspecified atom stereocenters. The van der Waals surface area contributed by atoms with E-state index in [2.05, 4.69) is 36.0 Å². The number of ether oxygens (including phenoxy) is 1. The first-order valence-electron chi connectivity index (χ1n) is 13.1. The van der Waals surface area contributed by atoms with E-state index in [0.717, 1.165) is 37.8 Å². The van der Waals surface area contributed by atoms with Gasteiger partial charge in [0.2, 0.25) is 0 Å². The molecule has 36 heavy (non-hydrogen) atoms. The van der Waals surface area contributed by atoms with Crippen LogP contribution in [-0.4, -0.2) is 65.6 Å². The molecule has 3 aliphatic rings. The van der Waals surface area contributed by atoms with Gasteiger partial charge in [-0.2, -0.15) is 0 Å². The van der Waals surface area contributed by atoms with Crippen molar-refractivity contribution in [3.63, 3.8) is 0 Å². The fourth-order valence-corrected chi connectivity index (χ4v) is 6.66. The fourth-order valence-electron chi connectivity index (χ4n) is 6.66. The third kappa shape index (κ3) is 4.68. The number of hydrogen-bond donors (Lipinski definition) is 2. The summed E-state index contributed by atoms with van der Waals surface area (Å²) in [4.78, 5) is 33.3. The average molecular weight is 494 g/mol. The largest absolute Gasteiger partial charge is 0.364 e. The van der Waals surface area contributed by atoms with Crippen molar-refractivity contribution >= 4 is 17.5 Å². The lowest BCUT2D eigenvalue weighted by Crippen LogP contribution is -2.56. The number of nitrogens with one attached hydrogen (secondary N) is 2. The summed E-state index contributed by atoms with van der Waals surface area (Å²) in [7, 11) is 1.60. The van der Waals surface area contributed by atoms with Crippen molar-refractivity contribution in [1.29, 1.82) is 0 Å². The first-order valence-corrected chi connectivity index (χ1v) is 13.1. The summed E-state index contributed by atoms with van der Waals surface area (Å²) < 4.78 is 7.16. The predicted octanol–water partition coefficient (Wildman–Crippen LogP) is 3.49. The van der Waals surface area contributed by atoms with E-state index in [1.54, 1.807) is 28.7 Å². The minimum atomic E-state index is -0.179. The smallest absolute Gasteiger partial charge is 0.276 e. The van der Waals surface area contributed by atoms with E-state index in [-0.39, 0.29) is 35.4 Å². The molecule has 2 saturated carbocycles. The molecule has 2 amide bonds. The van der Waals surface area contributed by atoms with Crippen LogP contribution >= 0.6 is 0 Å². The molecule has 0 aromatic carbocycles. The molecule has 3 fully saturated rings. The molecule has 1 aliphatic heterocycles. The molecule has 8 nitrogen and oxygen atoms in total. The second kappa shape index (κ2) is 9.63. The molecule has 3 atom stereocenters. The van der Waals surface area contributed by atoms with Gasteiger partial charge in [-0.3, -0.25) is 14.0 Å². The number of allylic oxidation sites excluding steroid dienone is 1. The Hall–Kier alpha value is -2.71. The number of methoxy groups -OCH3 is 1. The van der Waals surface area contributed by atoms with Crippen molar-refractivity contribution in [3.05, 3.63) is 48.4 Å². The van der Waals surface area contributed by atoms with E-state index in [1.165, 1.54) is 19.3 Å². The number of hydrogen-bond acceptors (Lipinski definition) is 5. The lowest BCUT2D eigenvalue weighted by molar-refractivity contribution is -0.0103. The van der Waals surface area contributed by atoms with Gasteiger partial charge in [0, 0.05) is 32.4 Å². The molecule has 2 aliphatic carbocycles. The Balaban J connectivity index is 1.36. The van der Waals surface area contributed by atoms with Gasteiger partial charge in [-0.15, -0.1) is 6.58 Å². The van der Waals surface area contributed by atoms with Crippen LogP contribution in [0.2, 0.25) is 0 Å². The highest BCUT2D eigenvalue weighted by Gasteiger charge is 2.53. The first kappa shape index (κ1) is 25.0. The molecule has 1 saturated heterocycles. The van der Waals surface area contributed by atoms with Gasteiger partial charge in [0.15, 0.2) is 0 Å². The van der Waals surface area contributed by atoms with Crippen molar-refractivity contribution < 1.29 is 14.3 Å². The normalized spacial score (nSPS) is 28.5. The van der Waals surface area contributed by atoms with E-state index in [1.807, 2.05) is 18.2 Å². The van der Waals surface area contributed by atoms with Crippen LogP contribution in [0.1, 0.15) is 66.9 Å². The van der Waals surface area contributed by atoms with Gasteiger partial charge >= 0.3 is 0 Å². The molecule has 2 aromatic rings. The highest BCUT2D eigenvalue weighted by Crippen LogP contribution is 2.61. The number of carbonyl (C=O) groups is 2. The lowest BCUT2D eigenvalue weighted by atomic mass is 9.79. The number of imidazole rings is 1. The number of rotatable bonds is 9. The van der Waals surface area contributed by atoms with Crippen molar-refractivity contribution in [2.45, 2.75) is 52.0 Å². The maximum absolute atomic E-state index is 13.7. The maximum atomic E-state index is 13.7. The van der Waals surface area contributed by atoms with Crippen LogP contribution in [0.4, 0.5) is 0 Å². The molecule has 0 spiro atoms. The second-order valence-corrected chi connectivity index (χ2v) is 11.8. The molecule has 2 N–H and O–H groups in total. The number of carbonyl (C=O) groups excluding carboxylic acids is 2. The quantitative estimate of drug-likeness (QED) is 0.412. The summed E-state index contributed by atoms with van der Waals surface area (Å²) in [6.07, 6.45) is 9.12. The van der Waals surface area contributed by atoms with Crippen molar-refractivity contribution in [2.24, 2.45) is 22.7 Å². The zero-order valence-electron chi connectivity index (χ0n) is 21.8. The van der Waals surface area contributed by atoms with Gasteiger partial charge in [-0.1, -0.05) is 26.0 Å². The number of piperidine rings is 1. The van der Waals surface area contributed by atoms with E-state index in [9.17, 15) is 9.59 Å². The van der Waals surface area contributed by atoms with Gasteiger partial charge < -0.3 is 20.3 Å². The summed E-state index contributed by atoms with van der Waals surface area (Å²) in [5.41, 5.74) is 1.41. The Morgan fingerprint density at radius 1 is 1.33 bits per heavy atom. The summed E-state index contributed by atoms with van der Waals surface area (Å²) >= 11 is 0. The molecule has 8 heteroatoms. The number of amides is 2. The molecule has 0 bridgehead atoms. The summed E-state index contributed by atoms with van der Waals surface area (Å²) in [5, 5.41) is 6.61. The standard InChI is InChI=1S/C28H39N5O3/c1-5-10-28(13-19-12-20(19)14-28)17-30-25(34)22-7-6-8-24-31-21(15-32(22)24)26(35)33(18-36-4)23-9-11-29-16-27(23,2)3/h5-8,15,19-20,23,29H,1,9-14,16-18H2,2-4H3,(H,30,34). The molecular formula is C28H39N5O3. The Morgan fingerprint density at radius 3 is 2.81 bits per heavy atom. The Labute approximate surface area is 213 Å². The van der Waals surface area contributed by atoms with Crippen LogP contribution < -0.4 is 10.6 Å². The summed E-state index contributed by atoms with van der Waals surface area (Å²) in [5.74, 6) is 1.33. The zero-order valence-corrected chi connectivity index (χ0v) is 21.8. The van der Waals surface area contributed by atoms with Gasteiger partial charge in [-0.05, 0) is 73.4 Å². The molecule has 3 heterocycles. The van der Waals surface area contributed by atoms with Crippen LogP contribution in [-0.2, 0) is 4.74 Å². The first-order chi connectivity index (χ1) is 17.3. The Kier molecular flexibility index (Phi) is 6.68. The van der Waals surface area contributed by atoms with Gasteiger partial charge in [-0.25, -0.2) is 4.98 Å². The molecule has 5 rings (SSSR count). The van der Waals surface area contributed by atoms with Crippen LogP contribution in [0, 0.1) is 22.7 Å². The van der Waals surface area contributed by atoms with Crippen LogP contribution in [0.15, 0.2) is 37.1 Å². The molecule has 0 radical (unpaired) electrons. The third-order valence-electron chi connectivity index (χ3n) is 8.59. The Bertz CT molecular complexity index is 1150. The van der Waals surface area contributed by atoms with Gasteiger partial charge in [0.1, 0.15) is 23.8 Å². The highest BCUT2D eigenvalue weighted by molar-refractivity contribution is 5.95. The van der Waals surface area contributed by atoms with Crippen LogP contribution in [0.25, 0.3) is 5.65 Å². The van der Waals surface area contributed by atoms with Crippen molar-refractivity contribution in [1.82, 2.24) is 24.9 Å². The summed E-state index contributed by atoms with van der Waals surface area (Å²) in [6, 6.07) is 5.45. The van der Waals surface area contributed by atoms with Crippen molar-refractivity contribution in [3.8, 4) is 0 Å². The SMILES string of the molecule is C=CCC1(CNC(=O)c2cccc3nc(C(=O)N(COC)C4CCNCC4(C)C)cn23)CC2CC2C1. The highest BCUT2D eigenvalue weighted by atomic mass is 16.5. The molecular weight excluding hydrogens is 454 g/mol. The second-order valence-electron chi connectivity index (χ2n) is 11.8. The van der Waals surface area contributed by atoms with Gasteiger partial charge in [0.25, 0.3) is 11.8 Å². The molecule has 194 valence electrons. The fraction of sp³-hybridized carbons (Fsp3) is 0.607. The topological polar surface area (TPSA) is 88.0 Å². The monoisotopic (exact) mass is 493 g/mol. The van der Waals surface area contributed by atoms with E-state index in [0.29, 0.717) is 23.6 Å². The van der Waals surface area contributed by atoms with Crippen LogP contribution in [0.5, 0.6) is 0 Å². The van der Waals surface area contributed by atoms with Crippen LogP contribution in [0.3, 0.4) is 0 Å². The Morgan fingerprint density at radius 2 is 2.11 bits per heavy atom. The van der Waals surface area contributed by atoms with Crippen molar-refractivity contribution in [2.75, 3.05) is 33.5 Å². The summed E-state index contributed by atoms with van der Waals surface area (Å²) in [6.45, 7) is 10.8. The van der Waals surface area contributed by atoms with E-state index >= 15 is 0 Å². The average Bonchev–Trinajstić information content (AvgIpc) is 3.26. The number of fused-ring (bicyclic) bond motifs is 2. The lowest BCUT2D eigenvalue weighted by Gasteiger charge is -2.45. The number of nitrogens with zero attached hydrogens (tertiary/aromatic N) is 3.